The monoisotopic (exact) mass is 584 g/mol. The first kappa shape index (κ1) is 31.9. The highest BCUT2D eigenvalue weighted by atomic mass is 19.3. The summed E-state index contributed by atoms with van der Waals surface area (Å²) in [6.07, 6.45) is 0.264. The second kappa shape index (κ2) is 15.4. The third-order valence-corrected chi connectivity index (χ3v) is 6.24. The topological polar surface area (TPSA) is 123 Å². The van der Waals surface area contributed by atoms with Crippen molar-refractivity contribution >= 4 is 18.0 Å². The molecule has 0 aliphatic heterocycles. The summed E-state index contributed by atoms with van der Waals surface area (Å²) in [5, 5.41) is 15.3. The zero-order valence-electron chi connectivity index (χ0n) is 23.4. The van der Waals surface area contributed by atoms with E-state index in [4.69, 9.17) is 9.47 Å². The molecule has 224 valence electrons. The molecule has 42 heavy (non-hydrogen) atoms. The summed E-state index contributed by atoms with van der Waals surface area (Å²) in [5.41, 5.74) is 1.12. The molecule has 0 saturated carbocycles. The summed E-state index contributed by atoms with van der Waals surface area (Å²) in [7, 11) is 1.20. The number of benzene rings is 3. The minimum atomic E-state index is -3.00. The molecule has 1 unspecified atom stereocenters. The third kappa shape index (κ3) is 9.76. The Labute approximate surface area is 242 Å². The molecule has 3 aromatic carbocycles. The first-order valence-electron chi connectivity index (χ1n) is 13.3. The number of nitrogens with one attached hydrogen (secondary N) is 2. The first-order chi connectivity index (χ1) is 20.1. The third-order valence-electron chi connectivity index (χ3n) is 6.24. The van der Waals surface area contributed by atoms with Crippen molar-refractivity contribution in [2.75, 3.05) is 20.3 Å². The van der Waals surface area contributed by atoms with Crippen molar-refractivity contribution in [2.45, 2.75) is 44.8 Å². The van der Waals surface area contributed by atoms with E-state index in [1.165, 1.54) is 49.6 Å². The van der Waals surface area contributed by atoms with Gasteiger partial charge in [0.05, 0.1) is 13.7 Å². The fourth-order valence-corrected chi connectivity index (χ4v) is 3.98. The zero-order chi connectivity index (χ0) is 30.5. The molecule has 0 aromatic heterocycles. The molecule has 9 nitrogen and oxygen atoms in total. The van der Waals surface area contributed by atoms with Crippen molar-refractivity contribution in [3.05, 3.63) is 95.1 Å². The van der Waals surface area contributed by atoms with Gasteiger partial charge in [0.1, 0.15) is 29.7 Å². The maximum absolute atomic E-state index is 13.6. The van der Waals surface area contributed by atoms with Crippen LogP contribution in [0, 0.1) is 0 Å². The Morgan fingerprint density at radius 1 is 0.929 bits per heavy atom. The standard InChI is InChI=1S/C31H34F2N2O7/c1-31(32,33)23-15-13-21(14-16-23)19-24(35-30(39)42-20-22-9-4-3-5-10-22)28(37)34-17-6-7-18-41-26-12-8-11-25(36)27(26)29(38)40-2/h3-5,8-16,24,36H,6-7,17-20H2,1-2H3,(H,34,37)(H,35,39). The van der Waals surface area contributed by atoms with Gasteiger partial charge in [-0.2, -0.15) is 0 Å². The molecule has 0 spiro atoms. The maximum Gasteiger partial charge on any atom is 0.408 e. The van der Waals surface area contributed by atoms with E-state index in [2.05, 4.69) is 15.4 Å². The smallest absolute Gasteiger partial charge is 0.408 e. The number of esters is 1. The Morgan fingerprint density at radius 2 is 1.64 bits per heavy atom. The van der Waals surface area contributed by atoms with E-state index in [1.807, 2.05) is 18.2 Å². The van der Waals surface area contributed by atoms with Crippen LogP contribution in [0.4, 0.5) is 13.6 Å². The van der Waals surface area contributed by atoms with Gasteiger partial charge in [0.2, 0.25) is 5.91 Å². The Kier molecular flexibility index (Phi) is 11.7. The fourth-order valence-electron chi connectivity index (χ4n) is 3.98. The fraction of sp³-hybridized carbons (Fsp3) is 0.323. The van der Waals surface area contributed by atoms with Crippen LogP contribution < -0.4 is 15.4 Å². The summed E-state index contributed by atoms with van der Waals surface area (Å²) < 4.78 is 42.8. The molecular formula is C31H34F2N2O7. The number of hydrogen-bond acceptors (Lipinski definition) is 7. The van der Waals surface area contributed by atoms with Crippen molar-refractivity contribution in [3.8, 4) is 11.5 Å². The van der Waals surface area contributed by atoms with Crippen LogP contribution in [-0.2, 0) is 33.2 Å². The quantitative estimate of drug-likeness (QED) is 0.178. The highest BCUT2D eigenvalue weighted by Crippen LogP contribution is 2.28. The lowest BCUT2D eigenvalue weighted by Gasteiger charge is -2.19. The largest absolute Gasteiger partial charge is 0.507 e. The lowest BCUT2D eigenvalue weighted by molar-refractivity contribution is -0.123. The summed E-state index contributed by atoms with van der Waals surface area (Å²) >= 11 is 0. The SMILES string of the molecule is COC(=O)c1c(O)cccc1OCCCCNC(=O)C(Cc1ccc(C(C)(F)F)cc1)NC(=O)OCc1ccccc1. The Balaban J connectivity index is 1.54. The summed E-state index contributed by atoms with van der Waals surface area (Å²) in [5.74, 6) is -4.28. The van der Waals surface area contributed by atoms with Crippen LogP contribution in [0.2, 0.25) is 0 Å². The first-order valence-corrected chi connectivity index (χ1v) is 13.3. The van der Waals surface area contributed by atoms with Gasteiger partial charge in [0, 0.05) is 25.5 Å². The Hall–Kier alpha value is -4.67. The van der Waals surface area contributed by atoms with Crippen LogP contribution in [0.5, 0.6) is 11.5 Å². The van der Waals surface area contributed by atoms with Crippen molar-refractivity contribution in [1.29, 1.82) is 0 Å². The van der Waals surface area contributed by atoms with Gasteiger partial charge in [-0.15, -0.1) is 0 Å². The van der Waals surface area contributed by atoms with Gasteiger partial charge in [-0.05, 0) is 36.1 Å². The molecule has 0 fully saturated rings. The van der Waals surface area contributed by atoms with Crippen LogP contribution in [-0.4, -0.2) is 49.4 Å². The van der Waals surface area contributed by atoms with Crippen molar-refractivity contribution < 1.29 is 42.5 Å². The number of hydrogen-bond donors (Lipinski definition) is 3. The van der Waals surface area contributed by atoms with Gasteiger partial charge in [-0.3, -0.25) is 4.79 Å². The van der Waals surface area contributed by atoms with Gasteiger partial charge >= 0.3 is 12.1 Å². The van der Waals surface area contributed by atoms with Gasteiger partial charge in [0.15, 0.2) is 0 Å². The number of aromatic hydroxyl groups is 1. The summed E-state index contributed by atoms with van der Waals surface area (Å²) in [4.78, 5) is 37.4. The molecule has 2 amide bonds. The average molecular weight is 585 g/mol. The number of alkyl halides is 2. The molecule has 3 N–H and O–H groups in total. The number of carbonyl (C=O) groups is 3. The van der Waals surface area contributed by atoms with Crippen LogP contribution >= 0.6 is 0 Å². The predicted molar refractivity (Wildman–Crippen MR) is 150 cm³/mol. The number of phenols is 1. The van der Waals surface area contributed by atoms with E-state index in [-0.39, 0.29) is 48.8 Å². The highest BCUT2D eigenvalue weighted by Gasteiger charge is 2.25. The second-order valence-electron chi connectivity index (χ2n) is 9.54. The minimum absolute atomic E-state index is 0.0121. The van der Waals surface area contributed by atoms with E-state index in [0.717, 1.165) is 12.5 Å². The highest BCUT2D eigenvalue weighted by molar-refractivity contribution is 5.95. The van der Waals surface area contributed by atoms with Crippen molar-refractivity contribution in [3.63, 3.8) is 0 Å². The number of ether oxygens (including phenoxy) is 3. The number of amides is 2. The summed E-state index contributed by atoms with van der Waals surface area (Å²) in [6.45, 7) is 1.27. The lowest BCUT2D eigenvalue weighted by atomic mass is 10.0. The molecule has 1 atom stereocenters. The minimum Gasteiger partial charge on any atom is -0.507 e. The number of alkyl carbamates (subject to hydrolysis) is 1. The van der Waals surface area contributed by atoms with Crippen LogP contribution in [0.3, 0.4) is 0 Å². The number of rotatable bonds is 14. The zero-order valence-corrected chi connectivity index (χ0v) is 23.4. The second-order valence-corrected chi connectivity index (χ2v) is 9.54. The van der Waals surface area contributed by atoms with E-state index in [1.54, 1.807) is 12.1 Å². The van der Waals surface area contributed by atoms with E-state index in [9.17, 15) is 28.3 Å². The number of unbranched alkanes of at least 4 members (excludes halogenated alkanes) is 1. The van der Waals surface area contributed by atoms with Crippen LogP contribution in [0.1, 0.15) is 46.8 Å². The number of phenolic OH excluding ortho intramolecular Hbond substituents is 1. The van der Waals surface area contributed by atoms with Crippen LogP contribution in [0.25, 0.3) is 0 Å². The number of halogens is 2. The molecular weight excluding hydrogens is 550 g/mol. The summed E-state index contributed by atoms with van der Waals surface area (Å²) in [6, 6.07) is 18.0. The number of carbonyl (C=O) groups excluding carboxylic acids is 3. The van der Waals surface area contributed by atoms with Crippen LogP contribution in [0.15, 0.2) is 72.8 Å². The lowest BCUT2D eigenvalue weighted by Crippen LogP contribution is -2.48. The van der Waals surface area contributed by atoms with E-state index >= 15 is 0 Å². The molecule has 11 heteroatoms. The molecule has 3 rings (SSSR count). The van der Waals surface area contributed by atoms with Crippen molar-refractivity contribution in [2.24, 2.45) is 0 Å². The number of methoxy groups -OCH3 is 1. The normalized spacial score (nSPS) is 11.7. The van der Waals surface area contributed by atoms with E-state index in [0.29, 0.717) is 18.4 Å². The average Bonchev–Trinajstić information content (AvgIpc) is 2.97. The molecule has 0 bridgehead atoms. The molecule has 0 aliphatic rings. The Bertz CT molecular complexity index is 1330. The predicted octanol–water partition coefficient (Wildman–Crippen LogP) is 5.10. The molecule has 0 radical (unpaired) electrons. The van der Waals surface area contributed by atoms with Gasteiger partial charge in [-0.25, -0.2) is 18.4 Å². The molecule has 0 aliphatic carbocycles. The maximum atomic E-state index is 13.6. The molecule has 0 saturated heterocycles. The van der Waals surface area contributed by atoms with Crippen molar-refractivity contribution in [1.82, 2.24) is 10.6 Å². The Morgan fingerprint density at radius 3 is 2.31 bits per heavy atom. The van der Waals surface area contributed by atoms with Gasteiger partial charge in [0.25, 0.3) is 5.92 Å². The van der Waals surface area contributed by atoms with Gasteiger partial charge in [-0.1, -0.05) is 60.7 Å². The van der Waals surface area contributed by atoms with E-state index < -0.39 is 29.9 Å². The molecule has 0 heterocycles. The van der Waals surface area contributed by atoms with Gasteiger partial charge < -0.3 is 30.0 Å². The molecule has 3 aromatic rings.